The summed E-state index contributed by atoms with van der Waals surface area (Å²) in [7, 11) is 0. The molecule has 0 aliphatic rings. The van der Waals surface area contributed by atoms with Gasteiger partial charge in [0.1, 0.15) is 0 Å². The Balaban J connectivity index is 1.94. The number of hydrogen-bond donors (Lipinski definition) is 2. The number of para-hydroxylation sites is 1. The summed E-state index contributed by atoms with van der Waals surface area (Å²) in [5, 5.41) is 2.67. The molecule has 0 saturated carbocycles. The number of halogens is 2. The zero-order chi connectivity index (χ0) is 15.2. The van der Waals surface area contributed by atoms with E-state index < -0.39 is 5.82 Å². The van der Waals surface area contributed by atoms with Crippen LogP contribution in [0.15, 0.2) is 46.9 Å². The maximum atomic E-state index is 13.7. The summed E-state index contributed by atoms with van der Waals surface area (Å²) in [5.41, 5.74) is 6.71. The number of nitrogens with two attached hydrogens (primary N) is 1. The molecule has 2 aromatic rings. The van der Waals surface area contributed by atoms with E-state index in [4.69, 9.17) is 10.5 Å². The first-order valence-corrected chi connectivity index (χ1v) is 7.05. The molecule has 21 heavy (non-hydrogen) atoms. The van der Waals surface area contributed by atoms with Gasteiger partial charge in [-0.1, -0.05) is 18.2 Å². The molecular formula is C15H14BrFN2O2. The Morgan fingerprint density at radius 3 is 2.71 bits per heavy atom. The van der Waals surface area contributed by atoms with Gasteiger partial charge in [-0.05, 0) is 45.8 Å². The molecular weight excluding hydrogens is 339 g/mol. The highest BCUT2D eigenvalue weighted by Crippen LogP contribution is 2.21. The van der Waals surface area contributed by atoms with Crippen LogP contribution >= 0.6 is 15.9 Å². The smallest absolute Gasteiger partial charge is 0.262 e. The Morgan fingerprint density at radius 1 is 1.29 bits per heavy atom. The highest BCUT2D eigenvalue weighted by molar-refractivity contribution is 9.10. The lowest BCUT2D eigenvalue weighted by molar-refractivity contribution is -0.118. The van der Waals surface area contributed by atoms with Crippen molar-refractivity contribution in [3.8, 4) is 5.75 Å². The van der Waals surface area contributed by atoms with Crippen LogP contribution in [0.25, 0.3) is 0 Å². The molecule has 6 heteroatoms. The Bertz CT molecular complexity index is 649. The van der Waals surface area contributed by atoms with Crippen molar-refractivity contribution < 1.29 is 13.9 Å². The average Bonchev–Trinajstić information content (AvgIpc) is 2.48. The van der Waals surface area contributed by atoms with Gasteiger partial charge in [0.25, 0.3) is 5.91 Å². The van der Waals surface area contributed by atoms with Gasteiger partial charge in [-0.25, -0.2) is 4.39 Å². The monoisotopic (exact) mass is 352 g/mol. The second-order valence-corrected chi connectivity index (χ2v) is 5.14. The van der Waals surface area contributed by atoms with Gasteiger partial charge in [0.2, 0.25) is 0 Å². The molecule has 0 aliphatic carbocycles. The number of ether oxygens (including phenoxy) is 1. The summed E-state index contributed by atoms with van der Waals surface area (Å²) >= 11 is 3.32. The van der Waals surface area contributed by atoms with Crippen LogP contribution in [0.3, 0.4) is 0 Å². The number of anilines is 1. The van der Waals surface area contributed by atoms with Crippen LogP contribution in [-0.4, -0.2) is 12.5 Å². The topological polar surface area (TPSA) is 64.3 Å². The van der Waals surface area contributed by atoms with E-state index in [1.54, 1.807) is 18.2 Å². The van der Waals surface area contributed by atoms with E-state index in [1.807, 2.05) is 12.1 Å². The predicted molar refractivity (Wildman–Crippen MR) is 82.6 cm³/mol. The molecule has 1 amide bonds. The maximum absolute atomic E-state index is 13.7. The number of carbonyl (C=O) groups is 1. The summed E-state index contributed by atoms with van der Waals surface area (Å²) in [5.74, 6) is -0.884. The molecule has 4 nitrogen and oxygen atoms in total. The summed E-state index contributed by atoms with van der Waals surface area (Å²) in [6.07, 6.45) is 0. The third-order valence-corrected chi connectivity index (χ3v) is 3.43. The molecule has 0 bridgehead atoms. The van der Waals surface area contributed by atoms with E-state index in [0.717, 1.165) is 4.47 Å². The van der Waals surface area contributed by atoms with E-state index in [-0.39, 0.29) is 24.8 Å². The third kappa shape index (κ3) is 4.27. The standard InChI is InChI=1S/C15H14BrFN2O2/c16-11-3-1-2-4-13(11)19-15(20)9-21-14-6-5-10(8-18)7-12(14)17/h1-7H,8-9,18H2,(H,19,20). The first kappa shape index (κ1) is 15.5. The van der Waals surface area contributed by atoms with Gasteiger partial charge in [-0.3, -0.25) is 4.79 Å². The fourth-order valence-corrected chi connectivity index (χ4v) is 2.06. The normalized spacial score (nSPS) is 10.2. The third-order valence-electron chi connectivity index (χ3n) is 2.74. The van der Waals surface area contributed by atoms with Crippen LogP contribution < -0.4 is 15.8 Å². The fraction of sp³-hybridized carbons (Fsp3) is 0.133. The first-order valence-electron chi connectivity index (χ1n) is 6.26. The maximum Gasteiger partial charge on any atom is 0.262 e. The summed E-state index contributed by atoms with van der Waals surface area (Å²) in [6, 6.07) is 11.6. The van der Waals surface area contributed by atoms with Crippen molar-refractivity contribution in [1.82, 2.24) is 0 Å². The molecule has 0 atom stereocenters. The Labute approximate surface area is 130 Å². The van der Waals surface area contributed by atoms with Crippen LogP contribution in [0.1, 0.15) is 5.56 Å². The second kappa shape index (κ2) is 7.19. The summed E-state index contributed by atoms with van der Waals surface area (Å²) < 4.78 is 19.6. The van der Waals surface area contributed by atoms with Crippen molar-refractivity contribution in [3.05, 3.63) is 58.3 Å². The van der Waals surface area contributed by atoms with Gasteiger partial charge in [-0.15, -0.1) is 0 Å². The van der Waals surface area contributed by atoms with Gasteiger partial charge in [0.05, 0.1) is 5.69 Å². The molecule has 0 unspecified atom stereocenters. The zero-order valence-electron chi connectivity index (χ0n) is 11.1. The van der Waals surface area contributed by atoms with Crippen LogP contribution in [0, 0.1) is 5.82 Å². The molecule has 0 fully saturated rings. The average molecular weight is 353 g/mol. The fourth-order valence-electron chi connectivity index (χ4n) is 1.68. The van der Waals surface area contributed by atoms with Crippen LogP contribution in [0.5, 0.6) is 5.75 Å². The number of rotatable bonds is 5. The number of nitrogens with one attached hydrogen (secondary N) is 1. The minimum absolute atomic E-state index is 0.0227. The van der Waals surface area contributed by atoms with Crippen molar-refractivity contribution in [2.45, 2.75) is 6.54 Å². The van der Waals surface area contributed by atoms with Gasteiger partial charge in [0, 0.05) is 11.0 Å². The molecule has 0 aromatic heterocycles. The van der Waals surface area contributed by atoms with Crippen molar-refractivity contribution in [3.63, 3.8) is 0 Å². The number of hydrogen-bond acceptors (Lipinski definition) is 3. The quantitative estimate of drug-likeness (QED) is 0.868. The summed E-state index contributed by atoms with van der Waals surface area (Å²) in [6.45, 7) is -0.0278. The zero-order valence-corrected chi connectivity index (χ0v) is 12.7. The van der Waals surface area contributed by atoms with Gasteiger partial charge in [-0.2, -0.15) is 0 Å². The van der Waals surface area contributed by atoms with Gasteiger partial charge >= 0.3 is 0 Å². The van der Waals surface area contributed by atoms with Crippen LogP contribution in [-0.2, 0) is 11.3 Å². The van der Waals surface area contributed by atoms with Crippen molar-refractivity contribution in [2.24, 2.45) is 5.73 Å². The molecule has 0 radical (unpaired) electrons. The molecule has 0 aliphatic heterocycles. The van der Waals surface area contributed by atoms with E-state index in [9.17, 15) is 9.18 Å². The Hall–Kier alpha value is -1.92. The molecule has 2 rings (SSSR count). The van der Waals surface area contributed by atoms with Crippen LogP contribution in [0.2, 0.25) is 0 Å². The van der Waals surface area contributed by atoms with Crippen LogP contribution in [0.4, 0.5) is 10.1 Å². The lowest BCUT2D eigenvalue weighted by Gasteiger charge is -2.10. The highest BCUT2D eigenvalue weighted by Gasteiger charge is 2.09. The Morgan fingerprint density at radius 2 is 2.05 bits per heavy atom. The van der Waals surface area contributed by atoms with E-state index in [0.29, 0.717) is 11.3 Å². The molecule has 110 valence electrons. The lowest BCUT2D eigenvalue weighted by Crippen LogP contribution is -2.20. The number of benzene rings is 2. The van der Waals surface area contributed by atoms with Crippen molar-refractivity contribution in [2.75, 3.05) is 11.9 Å². The van der Waals surface area contributed by atoms with Crippen molar-refractivity contribution in [1.29, 1.82) is 0 Å². The van der Waals surface area contributed by atoms with E-state index >= 15 is 0 Å². The SMILES string of the molecule is NCc1ccc(OCC(=O)Nc2ccccc2Br)c(F)c1. The van der Waals surface area contributed by atoms with Crippen molar-refractivity contribution >= 4 is 27.5 Å². The van der Waals surface area contributed by atoms with E-state index in [1.165, 1.54) is 12.1 Å². The molecule has 0 saturated heterocycles. The number of carbonyl (C=O) groups excluding carboxylic acids is 1. The Kier molecular flexibility index (Phi) is 5.30. The van der Waals surface area contributed by atoms with Gasteiger partial charge in [0.15, 0.2) is 18.2 Å². The molecule has 3 N–H and O–H groups in total. The number of amides is 1. The first-order chi connectivity index (χ1) is 10.1. The van der Waals surface area contributed by atoms with E-state index in [2.05, 4.69) is 21.2 Å². The lowest BCUT2D eigenvalue weighted by atomic mass is 10.2. The highest BCUT2D eigenvalue weighted by atomic mass is 79.9. The van der Waals surface area contributed by atoms with Gasteiger partial charge < -0.3 is 15.8 Å². The minimum Gasteiger partial charge on any atom is -0.481 e. The summed E-state index contributed by atoms with van der Waals surface area (Å²) in [4.78, 5) is 11.8. The largest absolute Gasteiger partial charge is 0.481 e. The minimum atomic E-state index is -0.536. The molecule has 2 aromatic carbocycles. The second-order valence-electron chi connectivity index (χ2n) is 4.29. The predicted octanol–water partition coefficient (Wildman–Crippen LogP) is 3.06. The molecule has 0 spiro atoms. The molecule has 0 heterocycles.